The van der Waals surface area contributed by atoms with Crippen molar-refractivity contribution in [2.75, 3.05) is 51.2 Å². The summed E-state index contributed by atoms with van der Waals surface area (Å²) in [5, 5.41) is 11.3. The van der Waals surface area contributed by atoms with Crippen LogP contribution in [0.5, 0.6) is 0 Å². The maximum absolute atomic E-state index is 4.48. The summed E-state index contributed by atoms with van der Waals surface area (Å²) in [6.45, 7) is 11.5. The van der Waals surface area contributed by atoms with Crippen LogP contribution in [0, 0.1) is 13.8 Å². The van der Waals surface area contributed by atoms with E-state index < -0.39 is 0 Å². The molecule has 0 aliphatic carbocycles. The summed E-state index contributed by atoms with van der Waals surface area (Å²) in [6.07, 6.45) is 2.35. The van der Waals surface area contributed by atoms with Gasteiger partial charge in [0.05, 0.1) is 5.69 Å². The number of para-hydroxylation sites is 1. The third-order valence-corrected chi connectivity index (χ3v) is 6.00. The van der Waals surface area contributed by atoms with Crippen LogP contribution in [-0.4, -0.2) is 67.0 Å². The fraction of sp³-hybridized carbons (Fsp3) is 0.565. The van der Waals surface area contributed by atoms with E-state index in [2.05, 4.69) is 74.7 Å². The minimum absolute atomic E-state index is 0. The van der Waals surface area contributed by atoms with Crippen molar-refractivity contribution in [3.8, 4) is 0 Å². The second-order valence-electron chi connectivity index (χ2n) is 8.00. The van der Waals surface area contributed by atoms with Gasteiger partial charge in [-0.25, -0.2) is 0 Å². The molecule has 2 heterocycles. The third-order valence-electron chi connectivity index (χ3n) is 6.00. The fourth-order valence-corrected chi connectivity index (χ4v) is 4.00. The van der Waals surface area contributed by atoms with Crippen molar-refractivity contribution >= 4 is 35.6 Å². The Morgan fingerprint density at radius 1 is 1.03 bits per heavy atom. The molecule has 1 aliphatic heterocycles. The molecule has 1 fully saturated rings. The fourth-order valence-electron chi connectivity index (χ4n) is 4.00. The molecule has 2 N–H and O–H groups in total. The molecule has 1 aromatic carbocycles. The first-order valence-corrected chi connectivity index (χ1v) is 11.0. The number of benzene rings is 1. The van der Waals surface area contributed by atoms with Crippen molar-refractivity contribution in [1.82, 2.24) is 25.3 Å². The number of guanidine groups is 1. The quantitative estimate of drug-likeness (QED) is 0.234. The highest BCUT2D eigenvalue weighted by Crippen LogP contribution is 2.15. The number of hydrogen-bond donors (Lipinski definition) is 2. The molecule has 0 bridgehead atoms. The van der Waals surface area contributed by atoms with Gasteiger partial charge in [0, 0.05) is 70.3 Å². The Morgan fingerprint density at radius 3 is 2.35 bits per heavy atom. The van der Waals surface area contributed by atoms with Gasteiger partial charge in [0.2, 0.25) is 0 Å². The normalized spacial score (nSPS) is 15.0. The predicted octanol–water partition coefficient (Wildman–Crippen LogP) is 2.92. The summed E-state index contributed by atoms with van der Waals surface area (Å²) in [5.41, 5.74) is 4.86. The Morgan fingerprint density at radius 2 is 1.74 bits per heavy atom. The molecule has 0 saturated carbocycles. The van der Waals surface area contributed by atoms with Crippen LogP contribution in [0.3, 0.4) is 0 Å². The zero-order valence-electron chi connectivity index (χ0n) is 19.4. The first-order chi connectivity index (χ1) is 14.6. The number of aryl methyl sites for hydroxylation is 2. The number of anilines is 1. The lowest BCUT2D eigenvalue weighted by Gasteiger charge is -2.36. The molecule has 7 nitrogen and oxygen atoms in total. The maximum atomic E-state index is 4.48. The highest BCUT2D eigenvalue weighted by atomic mass is 127. The average Bonchev–Trinajstić information content (AvgIpc) is 3.02. The van der Waals surface area contributed by atoms with E-state index in [1.165, 1.54) is 29.9 Å². The SMILES string of the molecule is CN=C(NCCCCN1CCN(c2ccccc2)CC1)NCc1c(C)nn(C)c1C.I. The van der Waals surface area contributed by atoms with Crippen molar-refractivity contribution in [3.63, 3.8) is 0 Å². The van der Waals surface area contributed by atoms with Gasteiger partial charge in [-0.05, 0) is 45.4 Å². The zero-order chi connectivity index (χ0) is 21.3. The standard InChI is InChI=1S/C23H37N7.HI/c1-19-22(20(2)28(4)27-19)18-26-23(24-3)25-12-8-9-13-29-14-16-30(17-15-29)21-10-6-5-7-11-21;/h5-7,10-11H,8-9,12-18H2,1-4H3,(H2,24,25,26);1H. The smallest absolute Gasteiger partial charge is 0.191 e. The van der Waals surface area contributed by atoms with Gasteiger partial charge in [-0.3, -0.25) is 14.6 Å². The lowest BCUT2D eigenvalue weighted by Crippen LogP contribution is -2.46. The van der Waals surface area contributed by atoms with Crippen LogP contribution in [0.1, 0.15) is 29.8 Å². The molecular weight excluding hydrogens is 501 g/mol. The molecule has 0 atom stereocenters. The van der Waals surface area contributed by atoms with Gasteiger partial charge in [0.1, 0.15) is 0 Å². The van der Waals surface area contributed by atoms with Crippen LogP contribution < -0.4 is 15.5 Å². The zero-order valence-corrected chi connectivity index (χ0v) is 21.7. The topological polar surface area (TPSA) is 60.7 Å². The monoisotopic (exact) mass is 539 g/mol. The van der Waals surface area contributed by atoms with Crippen LogP contribution in [-0.2, 0) is 13.6 Å². The summed E-state index contributed by atoms with van der Waals surface area (Å²) < 4.78 is 1.93. The van der Waals surface area contributed by atoms with Crippen molar-refractivity contribution in [2.45, 2.75) is 33.2 Å². The van der Waals surface area contributed by atoms with Gasteiger partial charge < -0.3 is 15.5 Å². The van der Waals surface area contributed by atoms with Crippen LogP contribution in [0.15, 0.2) is 35.3 Å². The van der Waals surface area contributed by atoms with Gasteiger partial charge in [-0.15, -0.1) is 24.0 Å². The minimum Gasteiger partial charge on any atom is -0.369 e. The van der Waals surface area contributed by atoms with Crippen molar-refractivity contribution in [3.05, 3.63) is 47.3 Å². The Hall–Kier alpha value is -1.81. The van der Waals surface area contributed by atoms with Crippen molar-refractivity contribution < 1.29 is 0 Å². The number of unbranched alkanes of at least 4 members (excludes halogenated alkanes) is 1. The first-order valence-electron chi connectivity index (χ1n) is 11.0. The van der Waals surface area contributed by atoms with Gasteiger partial charge >= 0.3 is 0 Å². The molecule has 3 rings (SSSR count). The summed E-state index contributed by atoms with van der Waals surface area (Å²) in [7, 11) is 3.81. The Balaban J connectivity index is 0.00000341. The van der Waals surface area contributed by atoms with E-state index in [1.807, 2.05) is 18.8 Å². The predicted molar refractivity (Wildman–Crippen MR) is 141 cm³/mol. The molecule has 0 amide bonds. The summed E-state index contributed by atoms with van der Waals surface area (Å²) >= 11 is 0. The van der Waals surface area contributed by atoms with E-state index in [9.17, 15) is 0 Å². The molecular formula is C23H38IN7. The van der Waals surface area contributed by atoms with Crippen LogP contribution in [0.2, 0.25) is 0 Å². The Bertz CT molecular complexity index is 811. The number of aromatic nitrogens is 2. The van der Waals surface area contributed by atoms with Gasteiger partial charge in [-0.2, -0.15) is 5.10 Å². The van der Waals surface area contributed by atoms with Crippen molar-refractivity contribution in [1.29, 1.82) is 0 Å². The lowest BCUT2D eigenvalue weighted by molar-refractivity contribution is 0.253. The molecule has 1 saturated heterocycles. The third kappa shape index (κ3) is 7.38. The number of hydrogen-bond acceptors (Lipinski definition) is 4. The van der Waals surface area contributed by atoms with E-state index in [4.69, 9.17) is 0 Å². The van der Waals surface area contributed by atoms with Crippen LogP contribution >= 0.6 is 24.0 Å². The van der Waals surface area contributed by atoms with Gasteiger partial charge in [0.15, 0.2) is 5.96 Å². The highest BCUT2D eigenvalue weighted by molar-refractivity contribution is 14.0. The maximum Gasteiger partial charge on any atom is 0.191 e. The van der Waals surface area contributed by atoms with E-state index in [1.54, 1.807) is 0 Å². The number of nitrogens with one attached hydrogen (secondary N) is 2. The molecule has 31 heavy (non-hydrogen) atoms. The van der Waals surface area contributed by atoms with E-state index in [0.29, 0.717) is 0 Å². The number of halogens is 1. The number of rotatable bonds is 8. The molecule has 0 unspecified atom stereocenters. The Labute approximate surface area is 204 Å². The highest BCUT2D eigenvalue weighted by Gasteiger charge is 2.16. The summed E-state index contributed by atoms with van der Waals surface area (Å²) in [6, 6.07) is 10.7. The second kappa shape index (κ2) is 12.9. The molecule has 0 spiro atoms. The second-order valence-corrected chi connectivity index (χ2v) is 8.00. The first kappa shape index (κ1) is 25.5. The Kier molecular flexibility index (Phi) is 10.6. The van der Waals surface area contributed by atoms with Crippen LogP contribution in [0.4, 0.5) is 5.69 Å². The number of aliphatic imine (C=N–C) groups is 1. The van der Waals surface area contributed by atoms with Crippen LogP contribution in [0.25, 0.3) is 0 Å². The lowest BCUT2D eigenvalue weighted by atomic mass is 10.2. The molecule has 8 heteroatoms. The number of nitrogens with zero attached hydrogens (tertiary/aromatic N) is 5. The molecule has 172 valence electrons. The van der Waals surface area contributed by atoms with E-state index in [0.717, 1.165) is 57.3 Å². The summed E-state index contributed by atoms with van der Waals surface area (Å²) in [5.74, 6) is 0.856. The minimum atomic E-state index is 0. The largest absolute Gasteiger partial charge is 0.369 e. The molecule has 2 aromatic rings. The average molecular weight is 540 g/mol. The van der Waals surface area contributed by atoms with E-state index >= 15 is 0 Å². The van der Waals surface area contributed by atoms with Crippen molar-refractivity contribution in [2.24, 2.45) is 12.0 Å². The van der Waals surface area contributed by atoms with Gasteiger partial charge in [-0.1, -0.05) is 18.2 Å². The summed E-state index contributed by atoms with van der Waals surface area (Å²) in [4.78, 5) is 9.41. The molecule has 0 radical (unpaired) electrons. The van der Waals surface area contributed by atoms with E-state index in [-0.39, 0.29) is 24.0 Å². The number of piperazine rings is 1. The molecule has 1 aliphatic rings. The van der Waals surface area contributed by atoms with Gasteiger partial charge in [0.25, 0.3) is 0 Å². The molecule has 1 aromatic heterocycles.